The van der Waals surface area contributed by atoms with Gasteiger partial charge in [-0.25, -0.2) is 0 Å². The Morgan fingerprint density at radius 3 is 2.56 bits per heavy atom. The predicted molar refractivity (Wildman–Crippen MR) is 104 cm³/mol. The van der Waals surface area contributed by atoms with E-state index in [2.05, 4.69) is 4.98 Å². The van der Waals surface area contributed by atoms with Crippen LogP contribution >= 0.6 is 0 Å². The first-order valence-electron chi connectivity index (χ1n) is 8.94. The molecule has 0 bridgehead atoms. The van der Waals surface area contributed by atoms with Crippen LogP contribution in [0.2, 0.25) is 0 Å². The minimum atomic E-state index is -0.840. The van der Waals surface area contributed by atoms with Crippen molar-refractivity contribution in [2.75, 3.05) is 7.11 Å². The Kier molecular flexibility index (Phi) is 5.60. The summed E-state index contributed by atoms with van der Waals surface area (Å²) in [6.45, 7) is 3.47. The van der Waals surface area contributed by atoms with Gasteiger partial charge in [-0.05, 0) is 38.0 Å². The maximum absolute atomic E-state index is 12.8. The second-order valence-corrected chi connectivity index (χ2v) is 6.48. The zero-order chi connectivity index (χ0) is 19.4. The molecule has 0 aliphatic heterocycles. The lowest BCUT2D eigenvalue weighted by molar-refractivity contribution is -0.146. The monoisotopic (exact) mass is 365 g/mol. The molecule has 3 rings (SSSR count). The van der Waals surface area contributed by atoms with Crippen molar-refractivity contribution in [3.8, 4) is 5.75 Å². The Labute approximate surface area is 158 Å². The number of carbonyl (C=O) groups excluding carboxylic acids is 2. The van der Waals surface area contributed by atoms with Crippen molar-refractivity contribution in [1.29, 1.82) is 0 Å². The molecule has 1 aromatic heterocycles. The summed E-state index contributed by atoms with van der Waals surface area (Å²) in [5, 5.41) is 0.844. The first-order valence-corrected chi connectivity index (χ1v) is 8.94. The van der Waals surface area contributed by atoms with Crippen LogP contribution in [0.4, 0.5) is 0 Å². The van der Waals surface area contributed by atoms with Crippen molar-refractivity contribution in [1.82, 2.24) is 4.98 Å². The van der Waals surface area contributed by atoms with Crippen molar-refractivity contribution in [2.24, 2.45) is 0 Å². The van der Waals surface area contributed by atoms with Crippen LogP contribution in [0.15, 0.2) is 48.5 Å². The Hall–Kier alpha value is -3.08. The molecule has 0 saturated heterocycles. The summed E-state index contributed by atoms with van der Waals surface area (Å²) < 4.78 is 10.7. The molecule has 0 aliphatic rings. The van der Waals surface area contributed by atoms with E-state index >= 15 is 0 Å². The van der Waals surface area contributed by atoms with Crippen LogP contribution < -0.4 is 4.74 Å². The highest BCUT2D eigenvalue weighted by molar-refractivity contribution is 6.11. The largest absolute Gasteiger partial charge is 0.496 e. The van der Waals surface area contributed by atoms with Crippen LogP contribution in [-0.4, -0.2) is 30.0 Å². The van der Waals surface area contributed by atoms with Crippen LogP contribution in [-0.2, 0) is 16.0 Å². The third-order valence-electron chi connectivity index (χ3n) is 4.61. The number of fused-ring (bicyclic) bond motifs is 1. The number of nitrogens with one attached hydrogen (secondary N) is 1. The minimum absolute atomic E-state index is 0.185. The number of aryl methyl sites for hydroxylation is 2. The third-order valence-corrected chi connectivity index (χ3v) is 4.61. The fraction of sp³-hybridized carbons (Fsp3) is 0.273. The smallest absolute Gasteiger partial charge is 0.306 e. The molecule has 2 aromatic carbocycles. The van der Waals surface area contributed by atoms with E-state index in [9.17, 15) is 9.59 Å². The molecular formula is C22H23NO4. The number of para-hydroxylation sites is 2. The molecule has 0 unspecified atom stereocenters. The second kappa shape index (κ2) is 8.08. The average Bonchev–Trinajstić information content (AvgIpc) is 3.01. The van der Waals surface area contributed by atoms with E-state index in [1.54, 1.807) is 14.0 Å². The molecule has 5 heteroatoms. The number of methoxy groups -OCH3 is 1. The van der Waals surface area contributed by atoms with Gasteiger partial charge < -0.3 is 14.5 Å². The van der Waals surface area contributed by atoms with Crippen molar-refractivity contribution < 1.29 is 19.1 Å². The number of benzene rings is 2. The van der Waals surface area contributed by atoms with E-state index in [-0.39, 0.29) is 12.2 Å². The van der Waals surface area contributed by atoms with Gasteiger partial charge in [-0.2, -0.15) is 0 Å². The fourth-order valence-corrected chi connectivity index (χ4v) is 3.25. The fourth-order valence-electron chi connectivity index (χ4n) is 3.25. The van der Waals surface area contributed by atoms with Gasteiger partial charge in [-0.1, -0.05) is 36.4 Å². The molecule has 0 aliphatic carbocycles. The number of aromatic amines is 1. The number of carbonyl (C=O) groups is 2. The molecule has 140 valence electrons. The minimum Gasteiger partial charge on any atom is -0.496 e. The zero-order valence-electron chi connectivity index (χ0n) is 15.7. The molecule has 0 radical (unpaired) electrons. The molecule has 3 aromatic rings. The van der Waals surface area contributed by atoms with Gasteiger partial charge in [0.1, 0.15) is 5.75 Å². The average molecular weight is 365 g/mol. The first-order chi connectivity index (χ1) is 13.0. The van der Waals surface area contributed by atoms with E-state index < -0.39 is 12.1 Å². The summed E-state index contributed by atoms with van der Waals surface area (Å²) in [4.78, 5) is 28.3. The number of aromatic nitrogens is 1. The molecule has 0 amide bonds. The third kappa shape index (κ3) is 4.03. The number of hydrogen-bond acceptors (Lipinski definition) is 4. The highest BCUT2D eigenvalue weighted by atomic mass is 16.5. The second-order valence-electron chi connectivity index (χ2n) is 6.48. The Balaban J connectivity index is 1.65. The van der Waals surface area contributed by atoms with Gasteiger partial charge in [0.05, 0.1) is 7.11 Å². The van der Waals surface area contributed by atoms with Crippen molar-refractivity contribution in [2.45, 2.75) is 32.8 Å². The predicted octanol–water partition coefficient (Wildman–Crippen LogP) is 4.23. The highest BCUT2D eigenvalue weighted by Crippen LogP contribution is 2.24. The van der Waals surface area contributed by atoms with Crippen LogP contribution in [0.1, 0.15) is 35.0 Å². The molecule has 27 heavy (non-hydrogen) atoms. The van der Waals surface area contributed by atoms with E-state index in [4.69, 9.17) is 9.47 Å². The summed E-state index contributed by atoms with van der Waals surface area (Å²) in [5.74, 6) is 0.138. The molecule has 1 heterocycles. The van der Waals surface area contributed by atoms with Gasteiger partial charge >= 0.3 is 5.97 Å². The normalized spacial score (nSPS) is 12.0. The van der Waals surface area contributed by atoms with Gasteiger partial charge in [0, 0.05) is 28.6 Å². The van der Waals surface area contributed by atoms with Gasteiger partial charge in [0.15, 0.2) is 6.10 Å². The summed E-state index contributed by atoms with van der Waals surface area (Å²) in [7, 11) is 1.60. The van der Waals surface area contributed by atoms with E-state index in [0.717, 1.165) is 27.9 Å². The van der Waals surface area contributed by atoms with E-state index in [0.29, 0.717) is 12.0 Å². The maximum atomic E-state index is 12.8. The number of rotatable bonds is 7. The summed E-state index contributed by atoms with van der Waals surface area (Å²) >= 11 is 0. The number of hydrogen-bond donors (Lipinski definition) is 1. The molecule has 5 nitrogen and oxygen atoms in total. The van der Waals surface area contributed by atoms with Gasteiger partial charge in [0.25, 0.3) is 0 Å². The van der Waals surface area contributed by atoms with Crippen LogP contribution in [0.25, 0.3) is 10.9 Å². The number of Topliss-reactive ketones (excluding diaryl/α,β-unsaturated/α-hetero) is 1. The molecular weight excluding hydrogens is 342 g/mol. The van der Waals surface area contributed by atoms with Gasteiger partial charge in [0.2, 0.25) is 5.78 Å². The number of ketones is 1. The first kappa shape index (κ1) is 18.7. The quantitative estimate of drug-likeness (QED) is 0.502. The SMILES string of the molecule is COc1ccccc1CCC(=O)O[C@@H](C)C(=O)c1c(C)[nH]c2ccccc12. The maximum Gasteiger partial charge on any atom is 0.306 e. The molecule has 0 fully saturated rings. The lowest BCUT2D eigenvalue weighted by atomic mass is 10.0. The van der Waals surface area contributed by atoms with E-state index in [1.165, 1.54) is 0 Å². The van der Waals surface area contributed by atoms with Gasteiger partial charge in [-0.15, -0.1) is 0 Å². The summed E-state index contributed by atoms with van der Waals surface area (Å²) in [5.41, 5.74) is 3.19. The van der Waals surface area contributed by atoms with Crippen molar-refractivity contribution >= 4 is 22.7 Å². The number of esters is 1. The lowest BCUT2D eigenvalue weighted by Gasteiger charge is -2.13. The Morgan fingerprint density at radius 2 is 1.78 bits per heavy atom. The van der Waals surface area contributed by atoms with Crippen LogP contribution in [0, 0.1) is 6.92 Å². The van der Waals surface area contributed by atoms with Crippen molar-refractivity contribution in [3.63, 3.8) is 0 Å². The van der Waals surface area contributed by atoms with Crippen LogP contribution in [0.3, 0.4) is 0 Å². The van der Waals surface area contributed by atoms with Crippen LogP contribution in [0.5, 0.6) is 5.75 Å². The molecule has 1 atom stereocenters. The number of H-pyrrole nitrogens is 1. The zero-order valence-corrected chi connectivity index (χ0v) is 15.7. The standard InChI is InChI=1S/C22H23NO4/c1-14-21(17-9-5-6-10-18(17)23-14)22(25)15(2)27-20(24)13-12-16-8-4-7-11-19(16)26-3/h4-11,15,23H,12-13H2,1-3H3/t15-/m0/s1. The summed E-state index contributed by atoms with van der Waals surface area (Å²) in [6, 6.07) is 15.2. The Bertz CT molecular complexity index is 973. The highest BCUT2D eigenvalue weighted by Gasteiger charge is 2.24. The molecule has 0 saturated carbocycles. The molecule has 0 spiro atoms. The van der Waals surface area contributed by atoms with Crippen molar-refractivity contribution in [3.05, 3.63) is 65.4 Å². The van der Waals surface area contributed by atoms with E-state index in [1.807, 2.05) is 55.5 Å². The number of ether oxygens (including phenoxy) is 2. The Morgan fingerprint density at radius 1 is 1.07 bits per heavy atom. The lowest BCUT2D eigenvalue weighted by Crippen LogP contribution is -2.25. The topological polar surface area (TPSA) is 68.4 Å². The molecule has 1 N–H and O–H groups in total. The summed E-state index contributed by atoms with van der Waals surface area (Å²) in [6.07, 6.45) is -0.158. The van der Waals surface area contributed by atoms with Gasteiger partial charge in [-0.3, -0.25) is 9.59 Å².